The molecule has 0 bridgehead atoms. The summed E-state index contributed by atoms with van der Waals surface area (Å²) in [6, 6.07) is 8.87. The topological polar surface area (TPSA) is 52.0 Å². The second-order valence-corrected chi connectivity index (χ2v) is 4.99. The number of nitrogens with zero attached hydrogens (tertiary/aromatic N) is 2. The second-order valence-electron chi connectivity index (χ2n) is 4.99. The average molecular weight is 266 g/mol. The highest BCUT2D eigenvalue weighted by Gasteiger charge is 2.31. The minimum atomic E-state index is -0.236. The Labute approximate surface area is 116 Å². The minimum absolute atomic E-state index is 0.0356. The van der Waals surface area contributed by atoms with Gasteiger partial charge in [0.2, 0.25) is 0 Å². The number of ketones is 2. The molecule has 0 aliphatic heterocycles. The van der Waals surface area contributed by atoms with Crippen LogP contribution in [0.3, 0.4) is 0 Å². The van der Waals surface area contributed by atoms with Crippen molar-refractivity contribution in [3.05, 3.63) is 65.0 Å². The van der Waals surface area contributed by atoms with Crippen LogP contribution in [0.15, 0.2) is 48.2 Å². The standard InChI is InChI=1S/C16H14N2O2/c1-10-8-12(15(19)11-6-4-3-5-7-11)16(20)13-9-18(2)17-14(10)13/h3-10H,1-2H3. The summed E-state index contributed by atoms with van der Waals surface area (Å²) in [5.74, 6) is -0.497. The average Bonchev–Trinajstić information content (AvgIpc) is 2.86. The summed E-state index contributed by atoms with van der Waals surface area (Å²) in [5.41, 5.74) is 2.04. The molecule has 1 unspecified atom stereocenters. The van der Waals surface area contributed by atoms with Crippen molar-refractivity contribution < 1.29 is 9.59 Å². The van der Waals surface area contributed by atoms with Gasteiger partial charge in [0.05, 0.1) is 16.8 Å². The van der Waals surface area contributed by atoms with Crippen LogP contribution in [-0.2, 0) is 7.05 Å². The highest BCUT2D eigenvalue weighted by Crippen LogP contribution is 2.30. The van der Waals surface area contributed by atoms with Gasteiger partial charge < -0.3 is 0 Å². The van der Waals surface area contributed by atoms with E-state index < -0.39 is 0 Å². The molecular weight excluding hydrogens is 252 g/mol. The van der Waals surface area contributed by atoms with E-state index in [1.165, 1.54) is 0 Å². The first-order valence-corrected chi connectivity index (χ1v) is 6.47. The van der Waals surface area contributed by atoms with Gasteiger partial charge in [0.15, 0.2) is 11.6 Å². The number of aromatic nitrogens is 2. The zero-order chi connectivity index (χ0) is 14.3. The van der Waals surface area contributed by atoms with Crippen LogP contribution >= 0.6 is 0 Å². The lowest BCUT2D eigenvalue weighted by Gasteiger charge is -2.15. The molecule has 4 heteroatoms. The van der Waals surface area contributed by atoms with Gasteiger partial charge in [-0.15, -0.1) is 0 Å². The summed E-state index contributed by atoms with van der Waals surface area (Å²) in [7, 11) is 1.77. The molecule has 3 rings (SSSR count). The van der Waals surface area contributed by atoms with Crippen LogP contribution in [0.4, 0.5) is 0 Å². The molecule has 4 nitrogen and oxygen atoms in total. The number of rotatable bonds is 2. The molecule has 1 aliphatic carbocycles. The van der Waals surface area contributed by atoms with E-state index in [0.717, 1.165) is 5.69 Å². The van der Waals surface area contributed by atoms with Gasteiger partial charge in [-0.3, -0.25) is 14.3 Å². The Morgan fingerprint density at radius 3 is 2.65 bits per heavy atom. The minimum Gasteiger partial charge on any atom is -0.288 e. The largest absolute Gasteiger partial charge is 0.288 e. The maximum Gasteiger partial charge on any atom is 0.200 e. The number of carbonyl (C=O) groups is 2. The number of hydrogen-bond donors (Lipinski definition) is 0. The third-order valence-corrected chi connectivity index (χ3v) is 3.48. The first-order chi connectivity index (χ1) is 9.58. The quantitative estimate of drug-likeness (QED) is 0.620. The molecular formula is C16H14N2O2. The van der Waals surface area contributed by atoms with E-state index in [1.54, 1.807) is 48.3 Å². The van der Waals surface area contributed by atoms with Gasteiger partial charge in [-0.25, -0.2) is 0 Å². The Hall–Kier alpha value is -2.49. The van der Waals surface area contributed by atoms with E-state index in [9.17, 15) is 9.59 Å². The third-order valence-electron chi connectivity index (χ3n) is 3.48. The molecule has 20 heavy (non-hydrogen) atoms. The zero-order valence-corrected chi connectivity index (χ0v) is 11.3. The van der Waals surface area contributed by atoms with Crippen molar-refractivity contribution in [2.75, 3.05) is 0 Å². The van der Waals surface area contributed by atoms with E-state index in [4.69, 9.17) is 0 Å². The molecule has 100 valence electrons. The molecule has 0 radical (unpaired) electrons. The Bertz CT molecular complexity index is 726. The molecule has 1 heterocycles. The molecule has 0 fully saturated rings. The molecule has 1 aromatic carbocycles. The number of fused-ring (bicyclic) bond motifs is 1. The van der Waals surface area contributed by atoms with Crippen LogP contribution in [0, 0.1) is 0 Å². The molecule has 0 spiro atoms. The lowest BCUT2D eigenvalue weighted by Crippen LogP contribution is -2.19. The van der Waals surface area contributed by atoms with Crippen molar-refractivity contribution >= 4 is 11.6 Å². The summed E-state index contributed by atoms with van der Waals surface area (Å²) in [6.07, 6.45) is 3.40. The van der Waals surface area contributed by atoms with Crippen LogP contribution < -0.4 is 0 Å². The third kappa shape index (κ3) is 1.90. The Balaban J connectivity index is 2.04. The fraction of sp³-hybridized carbons (Fsp3) is 0.188. The predicted molar refractivity (Wildman–Crippen MR) is 74.8 cm³/mol. The van der Waals surface area contributed by atoms with Crippen LogP contribution in [-0.4, -0.2) is 21.3 Å². The smallest absolute Gasteiger partial charge is 0.200 e. The monoisotopic (exact) mass is 266 g/mol. The molecule has 1 aliphatic rings. The van der Waals surface area contributed by atoms with Crippen molar-refractivity contribution in [2.45, 2.75) is 12.8 Å². The van der Waals surface area contributed by atoms with Gasteiger partial charge in [-0.05, 0) is 0 Å². The number of allylic oxidation sites excluding steroid dienone is 2. The van der Waals surface area contributed by atoms with Crippen molar-refractivity contribution in [1.82, 2.24) is 9.78 Å². The first-order valence-electron chi connectivity index (χ1n) is 6.47. The van der Waals surface area contributed by atoms with E-state index in [0.29, 0.717) is 11.1 Å². The van der Waals surface area contributed by atoms with Crippen LogP contribution in [0.1, 0.15) is 39.3 Å². The fourth-order valence-electron chi connectivity index (χ4n) is 2.49. The number of Topliss-reactive ketones (excluding diaryl/α,β-unsaturated/α-hetero) is 2. The molecule has 0 amide bonds. The summed E-state index contributed by atoms with van der Waals surface area (Å²) in [4.78, 5) is 24.9. The SMILES string of the molecule is CC1C=C(C(=O)c2ccccc2)C(=O)c2cn(C)nc21. The van der Waals surface area contributed by atoms with Gasteiger partial charge in [-0.2, -0.15) is 5.10 Å². The van der Waals surface area contributed by atoms with Crippen LogP contribution in [0.5, 0.6) is 0 Å². The van der Waals surface area contributed by atoms with Crippen molar-refractivity contribution in [1.29, 1.82) is 0 Å². The van der Waals surface area contributed by atoms with Crippen molar-refractivity contribution in [3.63, 3.8) is 0 Å². The molecule has 0 saturated heterocycles. The summed E-state index contributed by atoms with van der Waals surface area (Å²) in [6.45, 7) is 1.94. The van der Waals surface area contributed by atoms with Crippen molar-refractivity contribution in [3.8, 4) is 0 Å². The summed E-state index contributed by atoms with van der Waals surface area (Å²) < 4.78 is 1.61. The second kappa shape index (κ2) is 4.56. The highest BCUT2D eigenvalue weighted by molar-refractivity contribution is 6.31. The van der Waals surface area contributed by atoms with Gasteiger partial charge in [0.25, 0.3) is 0 Å². The normalized spacial score (nSPS) is 17.6. The van der Waals surface area contributed by atoms with E-state index in [2.05, 4.69) is 5.10 Å². The predicted octanol–water partition coefficient (Wildman–Crippen LogP) is 2.53. The highest BCUT2D eigenvalue weighted by atomic mass is 16.1. The Kier molecular flexibility index (Phi) is 2.86. The van der Waals surface area contributed by atoms with Gasteiger partial charge in [0.1, 0.15) is 0 Å². The lowest BCUT2D eigenvalue weighted by molar-refractivity contribution is 0.0959. The number of hydrogen-bond acceptors (Lipinski definition) is 3. The number of aryl methyl sites for hydroxylation is 1. The van der Waals surface area contributed by atoms with Gasteiger partial charge >= 0.3 is 0 Å². The molecule has 2 aromatic rings. The molecule has 1 atom stereocenters. The zero-order valence-electron chi connectivity index (χ0n) is 11.3. The van der Waals surface area contributed by atoms with E-state index in [-0.39, 0.29) is 23.1 Å². The lowest BCUT2D eigenvalue weighted by atomic mass is 9.86. The summed E-state index contributed by atoms with van der Waals surface area (Å²) >= 11 is 0. The maximum absolute atomic E-state index is 12.5. The van der Waals surface area contributed by atoms with Gasteiger partial charge in [-0.1, -0.05) is 43.3 Å². The van der Waals surface area contributed by atoms with Crippen LogP contribution in [0.2, 0.25) is 0 Å². The van der Waals surface area contributed by atoms with E-state index in [1.807, 2.05) is 13.0 Å². The molecule has 1 aromatic heterocycles. The Morgan fingerprint density at radius 1 is 1.25 bits per heavy atom. The first kappa shape index (κ1) is 12.5. The fourth-order valence-corrected chi connectivity index (χ4v) is 2.49. The van der Waals surface area contributed by atoms with Crippen LogP contribution in [0.25, 0.3) is 0 Å². The van der Waals surface area contributed by atoms with E-state index >= 15 is 0 Å². The maximum atomic E-state index is 12.5. The summed E-state index contributed by atoms with van der Waals surface area (Å²) in [5, 5.41) is 4.29. The van der Waals surface area contributed by atoms with Crippen molar-refractivity contribution in [2.24, 2.45) is 7.05 Å². The van der Waals surface area contributed by atoms with Gasteiger partial charge in [0, 0.05) is 24.7 Å². The Morgan fingerprint density at radius 2 is 1.95 bits per heavy atom. The number of benzene rings is 1. The molecule has 0 saturated carbocycles. The number of carbonyl (C=O) groups excluding carboxylic acids is 2. The molecule has 0 N–H and O–H groups in total.